The van der Waals surface area contributed by atoms with Crippen LogP contribution in [0.1, 0.15) is 31.7 Å². The van der Waals surface area contributed by atoms with Crippen molar-refractivity contribution in [3.8, 4) is 0 Å². The Bertz CT molecular complexity index is 248. The number of benzene rings is 1. The van der Waals surface area contributed by atoms with E-state index in [1.807, 2.05) is 6.07 Å². The molecule has 0 aromatic heterocycles. The lowest BCUT2D eigenvalue weighted by Gasteiger charge is -2.13. The predicted molar refractivity (Wildman–Crippen MR) is 67.3 cm³/mol. The molecule has 1 unspecified atom stereocenters. The van der Waals surface area contributed by atoms with Gasteiger partial charge in [-0.15, -0.1) is 11.6 Å². The van der Waals surface area contributed by atoms with E-state index in [-0.39, 0.29) is 0 Å². The van der Waals surface area contributed by atoms with Crippen molar-refractivity contribution in [2.75, 3.05) is 5.88 Å². The second-order valence-corrected chi connectivity index (χ2v) is 4.33. The zero-order chi connectivity index (χ0) is 10.9. The van der Waals surface area contributed by atoms with Gasteiger partial charge < -0.3 is 5.32 Å². The molecule has 0 saturated heterocycles. The van der Waals surface area contributed by atoms with Crippen molar-refractivity contribution >= 4 is 11.6 Å². The van der Waals surface area contributed by atoms with Crippen LogP contribution in [0.25, 0.3) is 0 Å². The van der Waals surface area contributed by atoms with Gasteiger partial charge in [-0.1, -0.05) is 36.8 Å². The number of alkyl halides is 1. The largest absolute Gasteiger partial charge is 0.310 e. The molecule has 0 spiro atoms. The molecular weight excluding hydrogens is 206 g/mol. The van der Waals surface area contributed by atoms with E-state index in [2.05, 4.69) is 36.5 Å². The normalized spacial score (nSPS) is 12.7. The molecule has 84 valence electrons. The zero-order valence-corrected chi connectivity index (χ0v) is 10.1. The first kappa shape index (κ1) is 12.5. The molecule has 1 aromatic carbocycles. The van der Waals surface area contributed by atoms with Crippen LogP contribution in [0.5, 0.6) is 0 Å². The first-order valence-corrected chi connectivity index (χ1v) is 6.19. The molecule has 1 rings (SSSR count). The van der Waals surface area contributed by atoms with Crippen LogP contribution in [-0.2, 0) is 6.54 Å². The summed E-state index contributed by atoms with van der Waals surface area (Å²) in [6, 6.07) is 11.1. The number of unbranched alkanes of at least 4 members (excludes halogenated alkanes) is 1. The predicted octanol–water partition coefficient (Wildman–Crippen LogP) is 3.57. The molecule has 0 aliphatic rings. The summed E-state index contributed by atoms with van der Waals surface area (Å²) in [5.41, 5.74) is 1.35. The van der Waals surface area contributed by atoms with E-state index in [9.17, 15) is 0 Å². The molecule has 1 nitrogen and oxygen atoms in total. The van der Waals surface area contributed by atoms with Gasteiger partial charge in [0.25, 0.3) is 0 Å². The van der Waals surface area contributed by atoms with E-state index in [1.54, 1.807) is 0 Å². The van der Waals surface area contributed by atoms with Crippen molar-refractivity contribution in [1.29, 1.82) is 0 Å². The van der Waals surface area contributed by atoms with Gasteiger partial charge in [0, 0.05) is 18.5 Å². The topological polar surface area (TPSA) is 12.0 Å². The molecule has 0 aliphatic carbocycles. The summed E-state index contributed by atoms with van der Waals surface area (Å²) in [7, 11) is 0. The fraction of sp³-hybridized carbons (Fsp3) is 0.538. The maximum Gasteiger partial charge on any atom is 0.0223 e. The van der Waals surface area contributed by atoms with Crippen molar-refractivity contribution in [3.05, 3.63) is 35.9 Å². The highest BCUT2D eigenvalue weighted by atomic mass is 35.5. The molecule has 0 aliphatic heterocycles. The lowest BCUT2D eigenvalue weighted by atomic mass is 10.1. The molecule has 0 amide bonds. The van der Waals surface area contributed by atoms with Gasteiger partial charge in [-0.25, -0.2) is 0 Å². The van der Waals surface area contributed by atoms with Gasteiger partial charge in [-0.3, -0.25) is 0 Å². The summed E-state index contributed by atoms with van der Waals surface area (Å²) < 4.78 is 0. The summed E-state index contributed by atoms with van der Waals surface area (Å²) in [5, 5.41) is 3.51. The van der Waals surface area contributed by atoms with Gasteiger partial charge >= 0.3 is 0 Å². The molecule has 0 bridgehead atoms. The SMILES string of the molecule is CC(CCCCCl)NCc1ccccc1. The first-order valence-electron chi connectivity index (χ1n) is 5.66. The quantitative estimate of drug-likeness (QED) is 0.553. The highest BCUT2D eigenvalue weighted by Crippen LogP contribution is 2.03. The van der Waals surface area contributed by atoms with E-state index in [1.165, 1.54) is 18.4 Å². The molecule has 15 heavy (non-hydrogen) atoms. The maximum atomic E-state index is 5.64. The summed E-state index contributed by atoms with van der Waals surface area (Å²) in [4.78, 5) is 0. The van der Waals surface area contributed by atoms with Crippen molar-refractivity contribution < 1.29 is 0 Å². The Labute approximate surface area is 97.8 Å². The van der Waals surface area contributed by atoms with Crippen molar-refractivity contribution in [1.82, 2.24) is 5.32 Å². The van der Waals surface area contributed by atoms with Gasteiger partial charge in [-0.05, 0) is 25.3 Å². The van der Waals surface area contributed by atoms with E-state index >= 15 is 0 Å². The van der Waals surface area contributed by atoms with Gasteiger partial charge in [0.15, 0.2) is 0 Å². The minimum atomic E-state index is 0.577. The Morgan fingerprint density at radius 2 is 1.93 bits per heavy atom. The van der Waals surface area contributed by atoms with E-state index in [0.29, 0.717) is 6.04 Å². The van der Waals surface area contributed by atoms with Crippen molar-refractivity contribution in [2.45, 2.75) is 38.8 Å². The lowest BCUT2D eigenvalue weighted by molar-refractivity contribution is 0.495. The molecule has 1 N–H and O–H groups in total. The molecule has 2 heteroatoms. The van der Waals surface area contributed by atoms with E-state index in [0.717, 1.165) is 18.8 Å². The molecule has 0 saturated carbocycles. The number of hydrogen-bond acceptors (Lipinski definition) is 1. The van der Waals surface area contributed by atoms with Crippen LogP contribution in [0.4, 0.5) is 0 Å². The van der Waals surface area contributed by atoms with Crippen molar-refractivity contribution in [3.63, 3.8) is 0 Å². The van der Waals surface area contributed by atoms with Gasteiger partial charge in [-0.2, -0.15) is 0 Å². The summed E-state index contributed by atoms with van der Waals surface area (Å²) in [6.45, 7) is 3.19. The molecular formula is C13H20ClN. The van der Waals surface area contributed by atoms with Crippen LogP contribution >= 0.6 is 11.6 Å². The number of nitrogens with one attached hydrogen (secondary N) is 1. The highest BCUT2D eigenvalue weighted by Gasteiger charge is 2.00. The Kier molecular flexibility index (Phi) is 6.45. The maximum absolute atomic E-state index is 5.64. The van der Waals surface area contributed by atoms with Crippen LogP contribution in [0, 0.1) is 0 Å². The van der Waals surface area contributed by atoms with Crippen LogP contribution in [0.3, 0.4) is 0 Å². The average Bonchev–Trinajstić information content (AvgIpc) is 2.28. The minimum absolute atomic E-state index is 0.577. The zero-order valence-electron chi connectivity index (χ0n) is 9.38. The van der Waals surface area contributed by atoms with Crippen LogP contribution < -0.4 is 5.32 Å². The molecule has 0 fully saturated rings. The van der Waals surface area contributed by atoms with E-state index < -0.39 is 0 Å². The van der Waals surface area contributed by atoms with Gasteiger partial charge in [0.2, 0.25) is 0 Å². The second-order valence-electron chi connectivity index (χ2n) is 3.95. The third kappa shape index (κ3) is 5.81. The Morgan fingerprint density at radius 3 is 2.60 bits per heavy atom. The first-order chi connectivity index (χ1) is 7.33. The molecule has 1 atom stereocenters. The average molecular weight is 226 g/mol. The third-order valence-corrected chi connectivity index (χ3v) is 2.79. The minimum Gasteiger partial charge on any atom is -0.310 e. The summed E-state index contributed by atoms with van der Waals surface area (Å²) in [5.74, 6) is 0.783. The molecule has 0 heterocycles. The fourth-order valence-electron chi connectivity index (χ4n) is 1.54. The number of hydrogen-bond donors (Lipinski definition) is 1. The summed E-state index contributed by atoms with van der Waals surface area (Å²) in [6.07, 6.45) is 3.55. The standard InChI is InChI=1S/C13H20ClN/c1-12(7-5-6-10-14)15-11-13-8-3-2-4-9-13/h2-4,8-9,12,15H,5-7,10-11H2,1H3. The smallest absolute Gasteiger partial charge is 0.0223 e. The second kappa shape index (κ2) is 7.72. The van der Waals surface area contributed by atoms with Crippen LogP contribution in [0.15, 0.2) is 30.3 Å². The Hall–Kier alpha value is -0.530. The van der Waals surface area contributed by atoms with Gasteiger partial charge in [0.1, 0.15) is 0 Å². The van der Waals surface area contributed by atoms with Crippen LogP contribution in [-0.4, -0.2) is 11.9 Å². The molecule has 1 aromatic rings. The number of halogens is 1. The monoisotopic (exact) mass is 225 g/mol. The highest BCUT2D eigenvalue weighted by molar-refractivity contribution is 6.17. The molecule has 0 radical (unpaired) electrons. The fourth-order valence-corrected chi connectivity index (χ4v) is 1.72. The number of rotatable bonds is 7. The Morgan fingerprint density at radius 1 is 1.20 bits per heavy atom. The van der Waals surface area contributed by atoms with Gasteiger partial charge in [0.05, 0.1) is 0 Å². The lowest BCUT2D eigenvalue weighted by Crippen LogP contribution is -2.25. The van der Waals surface area contributed by atoms with Crippen LogP contribution in [0.2, 0.25) is 0 Å². The van der Waals surface area contributed by atoms with E-state index in [4.69, 9.17) is 11.6 Å². The summed E-state index contributed by atoms with van der Waals surface area (Å²) >= 11 is 5.64. The van der Waals surface area contributed by atoms with Crippen molar-refractivity contribution in [2.24, 2.45) is 0 Å². The Balaban J connectivity index is 2.14. The third-order valence-electron chi connectivity index (χ3n) is 2.52.